The van der Waals surface area contributed by atoms with Gasteiger partial charge in [-0.05, 0) is 37.1 Å². The number of rotatable bonds is 11. The molecular formula is C21H25ClO4. The lowest BCUT2D eigenvalue weighted by Crippen LogP contribution is -2.17. The molecule has 0 N–H and O–H groups in total. The van der Waals surface area contributed by atoms with Crippen molar-refractivity contribution in [1.82, 2.24) is 0 Å². The number of halogens is 1. The van der Waals surface area contributed by atoms with Gasteiger partial charge in [0, 0.05) is 12.8 Å². The summed E-state index contributed by atoms with van der Waals surface area (Å²) >= 11 is 6.41. The molecule has 1 aromatic rings. The highest BCUT2D eigenvalue weighted by atomic mass is 35.5. The van der Waals surface area contributed by atoms with Crippen LogP contribution >= 0.6 is 11.6 Å². The third-order valence-corrected chi connectivity index (χ3v) is 3.90. The average Bonchev–Trinajstić information content (AvgIpc) is 2.60. The molecule has 0 aliphatic carbocycles. The summed E-state index contributed by atoms with van der Waals surface area (Å²) in [6, 6.07) is 3.16. The molecule has 1 atom stereocenters. The van der Waals surface area contributed by atoms with Crippen molar-refractivity contribution >= 4 is 23.4 Å². The van der Waals surface area contributed by atoms with Gasteiger partial charge >= 0.3 is 5.97 Å². The van der Waals surface area contributed by atoms with Gasteiger partial charge < -0.3 is 9.47 Å². The Bertz CT molecular complexity index is 691. The van der Waals surface area contributed by atoms with Crippen LogP contribution in [0.1, 0.15) is 42.6 Å². The minimum Gasteiger partial charge on any atom is -0.488 e. The Morgan fingerprint density at radius 2 is 2.00 bits per heavy atom. The fourth-order valence-electron chi connectivity index (χ4n) is 2.24. The Hall–Kier alpha value is -2.33. The molecule has 5 heteroatoms. The number of hydrogen-bond acceptors (Lipinski definition) is 4. The molecule has 0 aliphatic rings. The van der Waals surface area contributed by atoms with Gasteiger partial charge in [0.1, 0.15) is 18.5 Å². The predicted molar refractivity (Wildman–Crippen MR) is 105 cm³/mol. The molecule has 26 heavy (non-hydrogen) atoms. The topological polar surface area (TPSA) is 52.6 Å². The monoisotopic (exact) mass is 376 g/mol. The van der Waals surface area contributed by atoms with E-state index in [1.807, 2.05) is 6.92 Å². The quantitative estimate of drug-likeness (QED) is 0.306. The Morgan fingerprint density at radius 1 is 1.27 bits per heavy atom. The molecular weight excluding hydrogens is 352 g/mol. The molecule has 0 saturated heterocycles. The van der Waals surface area contributed by atoms with Crippen molar-refractivity contribution < 1.29 is 19.1 Å². The molecule has 0 fully saturated rings. The van der Waals surface area contributed by atoms with Crippen LogP contribution in [0.3, 0.4) is 0 Å². The molecule has 0 unspecified atom stereocenters. The fraction of sp³-hybridized carbons (Fsp3) is 0.333. The largest absolute Gasteiger partial charge is 0.488 e. The van der Waals surface area contributed by atoms with Gasteiger partial charge in [-0.1, -0.05) is 43.3 Å². The summed E-state index contributed by atoms with van der Waals surface area (Å²) in [5.74, 6) is -0.286. The first-order valence-corrected chi connectivity index (χ1v) is 8.88. The number of esters is 1. The van der Waals surface area contributed by atoms with E-state index < -0.39 is 5.97 Å². The fourth-order valence-corrected chi connectivity index (χ4v) is 2.52. The molecule has 0 bridgehead atoms. The zero-order valence-corrected chi connectivity index (χ0v) is 16.1. The molecule has 1 aromatic carbocycles. The maximum Gasteiger partial charge on any atom is 0.338 e. The minimum absolute atomic E-state index is 0.0130. The van der Waals surface area contributed by atoms with Crippen molar-refractivity contribution in [2.75, 3.05) is 6.61 Å². The van der Waals surface area contributed by atoms with E-state index in [-0.39, 0.29) is 35.5 Å². The van der Waals surface area contributed by atoms with Crippen LogP contribution in [0, 0.1) is 0 Å². The Kier molecular flexibility index (Phi) is 9.45. The van der Waals surface area contributed by atoms with Crippen molar-refractivity contribution in [1.29, 1.82) is 0 Å². The van der Waals surface area contributed by atoms with Crippen LogP contribution in [0.2, 0.25) is 5.02 Å². The van der Waals surface area contributed by atoms with E-state index in [2.05, 4.69) is 13.2 Å². The van der Waals surface area contributed by atoms with E-state index in [9.17, 15) is 9.59 Å². The van der Waals surface area contributed by atoms with Crippen molar-refractivity contribution in [2.45, 2.75) is 39.2 Å². The number of carbonyl (C=O) groups excluding carboxylic acids is 2. The van der Waals surface area contributed by atoms with E-state index in [1.54, 1.807) is 37.3 Å². The smallest absolute Gasteiger partial charge is 0.338 e. The normalized spacial score (nSPS) is 11.8. The summed E-state index contributed by atoms with van der Waals surface area (Å²) in [6.45, 7) is 11.2. The second-order valence-electron chi connectivity index (χ2n) is 5.70. The number of ketones is 1. The third-order valence-electron chi connectivity index (χ3n) is 3.48. The van der Waals surface area contributed by atoms with Crippen LogP contribution in [-0.2, 0) is 16.0 Å². The van der Waals surface area contributed by atoms with E-state index in [4.69, 9.17) is 21.1 Å². The van der Waals surface area contributed by atoms with Crippen molar-refractivity contribution in [3.05, 3.63) is 65.7 Å². The standard InChI is InChI=1S/C21H25ClO4/c1-5-8-10-16(23)14-18-17(21(24)26-15(4)9-6-2)11-12-19(20(18)22)25-13-7-3/h6-8,10-12,15H,2-3,5,9,13-14H2,1,4H3/b10-8+/t15-/m1/s1. The SMILES string of the molecule is C=CCOc1ccc(C(=O)O[C@H](C)CC=C)c(CC(=O)/C=C/CC)c1Cl. The van der Waals surface area contributed by atoms with E-state index in [0.717, 1.165) is 6.42 Å². The molecule has 0 amide bonds. The minimum atomic E-state index is -0.529. The lowest BCUT2D eigenvalue weighted by Gasteiger charge is -2.16. The van der Waals surface area contributed by atoms with Gasteiger partial charge in [0.2, 0.25) is 0 Å². The average molecular weight is 377 g/mol. The maximum absolute atomic E-state index is 12.5. The first kappa shape index (κ1) is 21.7. The van der Waals surface area contributed by atoms with E-state index in [0.29, 0.717) is 17.7 Å². The molecule has 0 radical (unpaired) electrons. The van der Waals surface area contributed by atoms with Crippen LogP contribution in [0.15, 0.2) is 49.6 Å². The summed E-state index contributed by atoms with van der Waals surface area (Å²) in [7, 11) is 0. The Labute approximate surface area is 160 Å². The second kappa shape index (κ2) is 11.3. The molecule has 140 valence electrons. The summed E-state index contributed by atoms with van der Waals surface area (Å²) < 4.78 is 10.9. The highest BCUT2D eigenvalue weighted by Gasteiger charge is 2.21. The van der Waals surface area contributed by atoms with Gasteiger partial charge in [-0.15, -0.1) is 6.58 Å². The Morgan fingerprint density at radius 3 is 2.62 bits per heavy atom. The molecule has 4 nitrogen and oxygen atoms in total. The highest BCUT2D eigenvalue weighted by Crippen LogP contribution is 2.32. The van der Waals surface area contributed by atoms with Crippen LogP contribution in [0.4, 0.5) is 0 Å². The van der Waals surface area contributed by atoms with Crippen molar-refractivity contribution in [2.24, 2.45) is 0 Å². The zero-order valence-electron chi connectivity index (χ0n) is 15.3. The van der Waals surface area contributed by atoms with Crippen molar-refractivity contribution in [3.63, 3.8) is 0 Å². The first-order chi connectivity index (χ1) is 12.4. The van der Waals surface area contributed by atoms with Crippen molar-refractivity contribution in [3.8, 4) is 5.75 Å². The number of hydrogen-bond donors (Lipinski definition) is 0. The first-order valence-electron chi connectivity index (χ1n) is 8.50. The molecule has 0 saturated carbocycles. The molecule has 0 aromatic heterocycles. The van der Waals surface area contributed by atoms with Crippen LogP contribution in [-0.4, -0.2) is 24.5 Å². The third kappa shape index (κ3) is 6.52. The summed E-state index contributed by atoms with van der Waals surface area (Å²) in [4.78, 5) is 24.7. The van der Waals surface area contributed by atoms with Gasteiger partial charge in [-0.2, -0.15) is 0 Å². The lowest BCUT2D eigenvalue weighted by atomic mass is 10.0. The lowest BCUT2D eigenvalue weighted by molar-refractivity contribution is -0.114. The Balaban J connectivity index is 3.21. The van der Waals surface area contributed by atoms with Crippen LogP contribution in [0.25, 0.3) is 0 Å². The molecule has 0 heterocycles. The molecule has 0 spiro atoms. The summed E-state index contributed by atoms with van der Waals surface area (Å²) in [5.41, 5.74) is 0.657. The second-order valence-corrected chi connectivity index (χ2v) is 6.08. The maximum atomic E-state index is 12.5. The van der Waals surface area contributed by atoms with E-state index in [1.165, 1.54) is 6.08 Å². The zero-order chi connectivity index (χ0) is 19.5. The predicted octanol–water partition coefficient (Wildman–Crippen LogP) is 5.10. The van der Waals surface area contributed by atoms with Gasteiger partial charge in [0.15, 0.2) is 5.78 Å². The van der Waals surface area contributed by atoms with Crippen LogP contribution < -0.4 is 4.74 Å². The number of carbonyl (C=O) groups is 2. The van der Waals surface area contributed by atoms with Gasteiger partial charge in [0.25, 0.3) is 0 Å². The summed E-state index contributed by atoms with van der Waals surface area (Å²) in [5, 5.41) is 0.232. The van der Waals surface area contributed by atoms with Gasteiger partial charge in [0.05, 0.1) is 10.6 Å². The molecule has 1 rings (SSSR count). The van der Waals surface area contributed by atoms with E-state index >= 15 is 0 Å². The summed E-state index contributed by atoms with van der Waals surface area (Å²) in [6.07, 6.45) is 7.46. The number of benzene rings is 1. The van der Waals surface area contributed by atoms with Crippen LogP contribution in [0.5, 0.6) is 5.75 Å². The molecule has 0 aliphatic heterocycles. The van der Waals surface area contributed by atoms with Gasteiger partial charge in [-0.3, -0.25) is 4.79 Å². The van der Waals surface area contributed by atoms with Gasteiger partial charge in [-0.25, -0.2) is 4.79 Å². The number of allylic oxidation sites excluding steroid dienone is 2. The number of ether oxygens (including phenoxy) is 2. The highest BCUT2D eigenvalue weighted by molar-refractivity contribution is 6.33.